The van der Waals surface area contributed by atoms with Gasteiger partial charge in [0.25, 0.3) is 0 Å². The lowest BCUT2D eigenvalue weighted by Crippen LogP contribution is -2.34. The third kappa shape index (κ3) is 4.59. The second-order valence-electron chi connectivity index (χ2n) is 7.00. The van der Waals surface area contributed by atoms with Crippen molar-refractivity contribution >= 4 is 17.7 Å². The Labute approximate surface area is 169 Å². The molecule has 144 valence electrons. The zero-order valence-electron chi connectivity index (χ0n) is 15.9. The maximum Gasteiger partial charge on any atom is 0.233 e. The molecule has 1 aliphatic rings. The molecule has 4 rings (SSSR count). The third-order valence-electron chi connectivity index (χ3n) is 4.82. The van der Waals surface area contributed by atoms with E-state index in [1.54, 1.807) is 12.4 Å². The van der Waals surface area contributed by atoms with Gasteiger partial charge in [0.2, 0.25) is 5.91 Å². The minimum absolute atomic E-state index is 0.149. The average Bonchev–Trinajstić information content (AvgIpc) is 3.51. The maximum atomic E-state index is 12.9. The summed E-state index contributed by atoms with van der Waals surface area (Å²) in [5.74, 6) is 1.37. The Morgan fingerprint density at radius 3 is 2.57 bits per heavy atom. The highest BCUT2D eigenvalue weighted by atomic mass is 32.2. The van der Waals surface area contributed by atoms with Gasteiger partial charge in [-0.2, -0.15) is 0 Å². The van der Waals surface area contributed by atoms with Crippen LogP contribution in [-0.4, -0.2) is 42.4 Å². The number of aryl methyl sites for hydroxylation is 1. The van der Waals surface area contributed by atoms with E-state index in [9.17, 15) is 4.79 Å². The summed E-state index contributed by atoms with van der Waals surface area (Å²) in [6, 6.07) is 14.5. The van der Waals surface area contributed by atoms with Crippen molar-refractivity contribution in [1.82, 2.24) is 24.6 Å². The molecule has 7 heteroatoms. The van der Waals surface area contributed by atoms with Crippen molar-refractivity contribution in [3.8, 4) is 0 Å². The number of carbonyl (C=O) groups excluding carboxylic acids is 1. The number of aromatic nitrogens is 4. The quantitative estimate of drug-likeness (QED) is 0.550. The van der Waals surface area contributed by atoms with Gasteiger partial charge in [0.15, 0.2) is 5.16 Å². The normalized spacial score (nSPS) is 13.5. The first-order chi connectivity index (χ1) is 13.7. The van der Waals surface area contributed by atoms with Crippen LogP contribution in [0, 0.1) is 6.92 Å². The molecule has 6 nitrogen and oxygen atoms in total. The Kier molecular flexibility index (Phi) is 5.71. The van der Waals surface area contributed by atoms with Gasteiger partial charge >= 0.3 is 0 Å². The molecule has 1 aromatic carbocycles. The summed E-state index contributed by atoms with van der Waals surface area (Å²) in [6.07, 6.45) is 5.72. The summed E-state index contributed by atoms with van der Waals surface area (Å²) in [6.45, 7) is 3.30. The molecule has 0 N–H and O–H groups in total. The smallest absolute Gasteiger partial charge is 0.233 e. The summed E-state index contributed by atoms with van der Waals surface area (Å²) in [5, 5.41) is 9.28. The lowest BCUT2D eigenvalue weighted by Gasteiger charge is -2.22. The number of carbonyl (C=O) groups is 1. The van der Waals surface area contributed by atoms with Crippen LogP contribution in [0.4, 0.5) is 0 Å². The van der Waals surface area contributed by atoms with E-state index in [-0.39, 0.29) is 5.91 Å². The number of benzene rings is 1. The van der Waals surface area contributed by atoms with Crippen molar-refractivity contribution < 1.29 is 4.79 Å². The zero-order valence-corrected chi connectivity index (χ0v) is 16.7. The summed E-state index contributed by atoms with van der Waals surface area (Å²) in [7, 11) is 0. The van der Waals surface area contributed by atoms with Gasteiger partial charge in [-0.25, -0.2) is 0 Å². The third-order valence-corrected chi connectivity index (χ3v) is 5.77. The number of thioether (sulfide) groups is 1. The molecule has 0 saturated heterocycles. The van der Waals surface area contributed by atoms with Gasteiger partial charge in [-0.05, 0) is 43.0 Å². The second-order valence-corrected chi connectivity index (χ2v) is 7.94. The molecule has 1 fully saturated rings. The van der Waals surface area contributed by atoms with Crippen molar-refractivity contribution in [1.29, 1.82) is 0 Å². The van der Waals surface area contributed by atoms with E-state index in [0.717, 1.165) is 29.4 Å². The first kappa shape index (κ1) is 18.7. The first-order valence-corrected chi connectivity index (χ1v) is 10.4. The number of hydrogen-bond acceptors (Lipinski definition) is 5. The van der Waals surface area contributed by atoms with Crippen LogP contribution in [0.25, 0.3) is 0 Å². The van der Waals surface area contributed by atoms with Gasteiger partial charge < -0.3 is 9.47 Å². The number of nitrogens with zero attached hydrogens (tertiary/aromatic N) is 5. The van der Waals surface area contributed by atoms with E-state index in [0.29, 0.717) is 24.9 Å². The molecule has 2 aromatic heterocycles. The number of rotatable bonds is 8. The number of amides is 1. The standard InChI is InChI=1S/C21H23N5OS/c1-16-23-24-21(25(16)13-17-5-3-2-4-6-17)28-15-20(27)26(19-7-8-19)14-18-9-11-22-12-10-18/h2-6,9-12,19H,7-8,13-15H2,1H3. The fourth-order valence-electron chi connectivity index (χ4n) is 3.12. The summed E-state index contributed by atoms with van der Waals surface area (Å²) < 4.78 is 2.07. The molecule has 1 saturated carbocycles. The van der Waals surface area contributed by atoms with Gasteiger partial charge in [-0.15, -0.1) is 10.2 Å². The highest BCUT2D eigenvalue weighted by Gasteiger charge is 2.32. The molecule has 0 bridgehead atoms. The molecular weight excluding hydrogens is 370 g/mol. The molecular formula is C21H23N5OS. The highest BCUT2D eigenvalue weighted by Crippen LogP contribution is 2.29. The van der Waals surface area contributed by atoms with E-state index in [1.165, 1.54) is 17.3 Å². The minimum atomic E-state index is 0.149. The van der Waals surface area contributed by atoms with E-state index in [4.69, 9.17) is 0 Å². The highest BCUT2D eigenvalue weighted by molar-refractivity contribution is 7.99. The molecule has 3 aromatic rings. The van der Waals surface area contributed by atoms with Crippen LogP contribution in [0.15, 0.2) is 60.0 Å². The van der Waals surface area contributed by atoms with Gasteiger partial charge in [-0.3, -0.25) is 9.78 Å². The van der Waals surface area contributed by atoms with Crippen molar-refractivity contribution in [2.24, 2.45) is 0 Å². The molecule has 0 spiro atoms. The van der Waals surface area contributed by atoms with E-state index in [1.807, 2.05) is 42.2 Å². The van der Waals surface area contributed by atoms with Gasteiger partial charge in [0.05, 0.1) is 12.3 Å². The Morgan fingerprint density at radius 2 is 1.86 bits per heavy atom. The fourth-order valence-corrected chi connectivity index (χ4v) is 3.99. The maximum absolute atomic E-state index is 12.9. The predicted molar refractivity (Wildman–Crippen MR) is 109 cm³/mol. The topological polar surface area (TPSA) is 63.9 Å². The van der Waals surface area contributed by atoms with Crippen LogP contribution in [-0.2, 0) is 17.9 Å². The minimum Gasteiger partial charge on any atom is -0.335 e. The molecule has 0 atom stereocenters. The van der Waals surface area contributed by atoms with Crippen LogP contribution in [0.2, 0.25) is 0 Å². The lowest BCUT2D eigenvalue weighted by atomic mass is 10.2. The number of hydrogen-bond donors (Lipinski definition) is 0. The second kappa shape index (κ2) is 8.56. The lowest BCUT2D eigenvalue weighted by molar-refractivity contribution is -0.129. The Hall–Kier alpha value is -2.67. The molecule has 0 radical (unpaired) electrons. The van der Waals surface area contributed by atoms with Gasteiger partial charge in [0, 0.05) is 25.0 Å². The van der Waals surface area contributed by atoms with E-state index < -0.39 is 0 Å². The number of pyridine rings is 1. The Bertz CT molecular complexity index is 924. The Morgan fingerprint density at radius 1 is 1.11 bits per heavy atom. The zero-order chi connectivity index (χ0) is 19.3. The van der Waals surface area contributed by atoms with Crippen LogP contribution in [0.3, 0.4) is 0 Å². The van der Waals surface area contributed by atoms with Crippen molar-refractivity contribution in [2.75, 3.05) is 5.75 Å². The average molecular weight is 394 g/mol. The summed E-state index contributed by atoms with van der Waals surface area (Å²) in [4.78, 5) is 19.0. The summed E-state index contributed by atoms with van der Waals surface area (Å²) >= 11 is 1.47. The molecule has 28 heavy (non-hydrogen) atoms. The monoisotopic (exact) mass is 393 g/mol. The van der Waals surface area contributed by atoms with Gasteiger partial charge in [0.1, 0.15) is 5.82 Å². The predicted octanol–water partition coefficient (Wildman–Crippen LogP) is 3.31. The summed E-state index contributed by atoms with van der Waals surface area (Å²) in [5.41, 5.74) is 2.30. The SMILES string of the molecule is Cc1nnc(SCC(=O)N(Cc2ccncc2)C2CC2)n1Cc1ccccc1. The van der Waals surface area contributed by atoms with Crippen LogP contribution in [0.1, 0.15) is 29.8 Å². The molecule has 0 aliphatic heterocycles. The molecule has 1 amide bonds. The van der Waals surface area contributed by atoms with Gasteiger partial charge in [-0.1, -0.05) is 42.1 Å². The van der Waals surface area contributed by atoms with Crippen molar-refractivity contribution in [2.45, 2.75) is 44.1 Å². The van der Waals surface area contributed by atoms with Crippen LogP contribution in [0.5, 0.6) is 0 Å². The largest absolute Gasteiger partial charge is 0.335 e. The van der Waals surface area contributed by atoms with E-state index in [2.05, 4.69) is 31.9 Å². The molecule has 2 heterocycles. The Balaban J connectivity index is 1.41. The molecule has 1 aliphatic carbocycles. The first-order valence-electron chi connectivity index (χ1n) is 9.45. The van der Waals surface area contributed by atoms with E-state index >= 15 is 0 Å². The van der Waals surface area contributed by atoms with Crippen molar-refractivity contribution in [3.63, 3.8) is 0 Å². The fraction of sp³-hybridized carbons (Fsp3) is 0.333. The van der Waals surface area contributed by atoms with Crippen LogP contribution >= 0.6 is 11.8 Å². The van der Waals surface area contributed by atoms with Crippen molar-refractivity contribution in [3.05, 3.63) is 71.8 Å². The van der Waals surface area contributed by atoms with Crippen LogP contribution < -0.4 is 0 Å². The molecule has 0 unspecified atom stereocenters.